The van der Waals surface area contributed by atoms with Crippen LogP contribution < -0.4 is 0 Å². The minimum Gasteiger partial charge on any atom is -0.493 e. The lowest BCUT2D eigenvalue weighted by Gasteiger charge is -2.44. The van der Waals surface area contributed by atoms with Gasteiger partial charge in [0.2, 0.25) is 17.1 Å². The lowest BCUT2D eigenvalue weighted by molar-refractivity contribution is -0.144. The standard InChI is InChI=1S/C15H20O4Si/c1-17-12-13(16)15(14(12)18-2,19-20(3,4)5)11-9-7-6-8-10-11/h6-10H,1-5H3. The zero-order valence-electron chi connectivity index (χ0n) is 12.5. The Balaban J connectivity index is 2.59. The van der Waals surface area contributed by atoms with E-state index in [1.807, 2.05) is 50.0 Å². The van der Waals surface area contributed by atoms with E-state index >= 15 is 0 Å². The molecule has 0 saturated carbocycles. The van der Waals surface area contributed by atoms with Crippen molar-refractivity contribution in [1.29, 1.82) is 0 Å². The molecule has 0 saturated heterocycles. The molecule has 0 radical (unpaired) electrons. The molecule has 0 bridgehead atoms. The lowest BCUT2D eigenvalue weighted by atomic mass is 9.77. The molecule has 2 rings (SSSR count). The van der Waals surface area contributed by atoms with Gasteiger partial charge in [0.25, 0.3) is 0 Å². The zero-order valence-corrected chi connectivity index (χ0v) is 13.5. The van der Waals surface area contributed by atoms with Crippen LogP contribution in [0.15, 0.2) is 41.9 Å². The molecule has 1 aliphatic rings. The summed E-state index contributed by atoms with van der Waals surface area (Å²) in [5, 5.41) is 0. The second-order valence-electron chi connectivity index (χ2n) is 5.66. The van der Waals surface area contributed by atoms with Crippen LogP contribution >= 0.6 is 0 Å². The fraction of sp³-hybridized carbons (Fsp3) is 0.400. The number of ketones is 1. The number of carbonyl (C=O) groups excluding carboxylic acids is 1. The zero-order chi connectivity index (χ0) is 15.0. The van der Waals surface area contributed by atoms with E-state index in [9.17, 15) is 4.79 Å². The Bertz CT molecular complexity index is 545. The molecule has 0 fully saturated rings. The van der Waals surface area contributed by atoms with Crippen LogP contribution in [0.5, 0.6) is 0 Å². The molecular formula is C15H20O4Si. The van der Waals surface area contributed by atoms with Gasteiger partial charge in [0, 0.05) is 0 Å². The molecule has 1 unspecified atom stereocenters. The average Bonchev–Trinajstić information content (AvgIpc) is 2.41. The summed E-state index contributed by atoms with van der Waals surface area (Å²) in [6.07, 6.45) is 0. The van der Waals surface area contributed by atoms with E-state index in [1.54, 1.807) is 0 Å². The highest BCUT2D eigenvalue weighted by atomic mass is 28.4. The molecule has 0 spiro atoms. The number of hydrogen-bond donors (Lipinski definition) is 0. The number of Topliss-reactive ketones (excluding diaryl/α,β-unsaturated/α-hetero) is 1. The summed E-state index contributed by atoms with van der Waals surface area (Å²) in [4.78, 5) is 12.6. The van der Waals surface area contributed by atoms with Crippen molar-refractivity contribution in [3.05, 3.63) is 47.4 Å². The maximum absolute atomic E-state index is 12.6. The van der Waals surface area contributed by atoms with E-state index in [4.69, 9.17) is 13.9 Å². The van der Waals surface area contributed by atoms with E-state index in [2.05, 4.69) is 0 Å². The Labute approximate surface area is 120 Å². The topological polar surface area (TPSA) is 44.8 Å². The van der Waals surface area contributed by atoms with Gasteiger partial charge in [-0.15, -0.1) is 0 Å². The summed E-state index contributed by atoms with van der Waals surface area (Å²) in [6.45, 7) is 6.13. The van der Waals surface area contributed by atoms with Crippen LogP contribution in [0.1, 0.15) is 5.56 Å². The first-order valence-corrected chi connectivity index (χ1v) is 9.91. The van der Waals surface area contributed by atoms with Crippen molar-refractivity contribution >= 4 is 14.1 Å². The van der Waals surface area contributed by atoms with Gasteiger partial charge >= 0.3 is 0 Å². The van der Waals surface area contributed by atoms with Crippen LogP contribution in [0.3, 0.4) is 0 Å². The van der Waals surface area contributed by atoms with Crippen molar-refractivity contribution in [2.24, 2.45) is 0 Å². The first-order chi connectivity index (χ1) is 9.36. The van der Waals surface area contributed by atoms with E-state index < -0.39 is 13.9 Å². The largest absolute Gasteiger partial charge is 0.493 e. The molecule has 108 valence electrons. The van der Waals surface area contributed by atoms with Crippen LogP contribution in [-0.4, -0.2) is 28.3 Å². The van der Waals surface area contributed by atoms with E-state index in [0.29, 0.717) is 5.76 Å². The molecule has 1 aliphatic carbocycles. The van der Waals surface area contributed by atoms with Crippen molar-refractivity contribution in [2.45, 2.75) is 25.2 Å². The SMILES string of the molecule is COC1=C(OC)C(O[Si](C)(C)C)(c2ccccc2)C1=O. The van der Waals surface area contributed by atoms with Gasteiger partial charge < -0.3 is 13.9 Å². The Morgan fingerprint density at radius 3 is 2.05 bits per heavy atom. The third-order valence-electron chi connectivity index (χ3n) is 3.10. The van der Waals surface area contributed by atoms with E-state index in [0.717, 1.165) is 5.56 Å². The first kappa shape index (κ1) is 14.8. The summed E-state index contributed by atoms with van der Waals surface area (Å²) in [6, 6.07) is 9.43. The molecule has 1 atom stereocenters. The molecular weight excluding hydrogens is 272 g/mol. The molecule has 0 aliphatic heterocycles. The molecule has 1 aromatic carbocycles. The summed E-state index contributed by atoms with van der Waals surface area (Å²) < 4.78 is 16.8. The quantitative estimate of drug-likeness (QED) is 0.783. The predicted molar refractivity (Wildman–Crippen MR) is 78.6 cm³/mol. The molecule has 1 aromatic rings. The normalized spacial score (nSPS) is 22.6. The van der Waals surface area contributed by atoms with Gasteiger partial charge in [0.15, 0.2) is 14.1 Å². The summed E-state index contributed by atoms with van der Waals surface area (Å²) in [7, 11) is 1.02. The second-order valence-corrected chi connectivity index (χ2v) is 10.1. The molecule has 20 heavy (non-hydrogen) atoms. The third kappa shape index (κ3) is 2.17. The van der Waals surface area contributed by atoms with Crippen molar-refractivity contribution in [1.82, 2.24) is 0 Å². The van der Waals surface area contributed by atoms with Gasteiger partial charge in [0.1, 0.15) is 0 Å². The number of rotatable bonds is 5. The molecule has 0 N–H and O–H groups in total. The first-order valence-electron chi connectivity index (χ1n) is 6.50. The van der Waals surface area contributed by atoms with Crippen molar-refractivity contribution < 1.29 is 18.7 Å². The van der Waals surface area contributed by atoms with Gasteiger partial charge in [-0.25, -0.2) is 0 Å². The Morgan fingerprint density at radius 2 is 1.60 bits per heavy atom. The van der Waals surface area contributed by atoms with Crippen LogP contribution in [0.25, 0.3) is 0 Å². The van der Waals surface area contributed by atoms with Gasteiger partial charge in [-0.1, -0.05) is 30.3 Å². The minimum atomic E-state index is -1.98. The highest BCUT2D eigenvalue weighted by molar-refractivity contribution is 6.70. The maximum atomic E-state index is 12.6. The van der Waals surface area contributed by atoms with Gasteiger partial charge in [-0.2, -0.15) is 0 Å². The molecule has 5 heteroatoms. The van der Waals surface area contributed by atoms with Crippen molar-refractivity contribution in [2.75, 3.05) is 14.2 Å². The number of methoxy groups -OCH3 is 2. The fourth-order valence-corrected chi connectivity index (χ4v) is 3.65. The lowest BCUT2D eigenvalue weighted by Crippen LogP contribution is -2.55. The number of benzene rings is 1. The number of carbonyl (C=O) groups is 1. The van der Waals surface area contributed by atoms with Crippen LogP contribution in [0.4, 0.5) is 0 Å². The van der Waals surface area contributed by atoms with Crippen LogP contribution in [-0.2, 0) is 24.3 Å². The van der Waals surface area contributed by atoms with E-state index in [-0.39, 0.29) is 11.5 Å². The van der Waals surface area contributed by atoms with Gasteiger partial charge in [-0.3, -0.25) is 4.79 Å². The molecule has 0 amide bonds. The molecule has 0 heterocycles. The van der Waals surface area contributed by atoms with Crippen molar-refractivity contribution in [3.63, 3.8) is 0 Å². The van der Waals surface area contributed by atoms with E-state index in [1.165, 1.54) is 14.2 Å². The summed E-state index contributed by atoms with van der Waals surface area (Å²) in [5.41, 5.74) is -0.365. The Morgan fingerprint density at radius 1 is 1.00 bits per heavy atom. The average molecular weight is 292 g/mol. The fourth-order valence-electron chi connectivity index (χ4n) is 2.43. The second kappa shape index (κ2) is 5.07. The number of ether oxygens (including phenoxy) is 2. The smallest absolute Gasteiger partial charge is 0.244 e. The van der Waals surface area contributed by atoms with Gasteiger partial charge in [-0.05, 0) is 25.2 Å². The minimum absolute atomic E-state index is 0.175. The predicted octanol–water partition coefficient (Wildman–Crippen LogP) is 2.82. The Hall–Kier alpha value is -1.59. The highest BCUT2D eigenvalue weighted by Gasteiger charge is 2.61. The van der Waals surface area contributed by atoms with Gasteiger partial charge in [0.05, 0.1) is 14.2 Å². The highest BCUT2D eigenvalue weighted by Crippen LogP contribution is 2.48. The van der Waals surface area contributed by atoms with Crippen molar-refractivity contribution in [3.8, 4) is 0 Å². The number of hydrogen-bond acceptors (Lipinski definition) is 4. The molecule has 4 nitrogen and oxygen atoms in total. The Kier molecular flexibility index (Phi) is 3.75. The molecule has 0 aromatic heterocycles. The summed E-state index contributed by atoms with van der Waals surface area (Å²) >= 11 is 0. The summed E-state index contributed by atoms with van der Waals surface area (Å²) in [5.74, 6) is 0.527. The third-order valence-corrected chi connectivity index (χ3v) is 4.02. The monoisotopic (exact) mass is 292 g/mol. The van der Waals surface area contributed by atoms with Crippen LogP contribution in [0.2, 0.25) is 19.6 Å². The maximum Gasteiger partial charge on any atom is 0.244 e. The van der Waals surface area contributed by atoms with Crippen LogP contribution in [0, 0.1) is 0 Å².